The molecule has 0 fully saturated rings. The molecule has 1 aromatic rings. The van der Waals surface area contributed by atoms with Crippen LogP contribution in [-0.4, -0.2) is 33.9 Å². The minimum absolute atomic E-state index is 0.205. The van der Waals surface area contributed by atoms with Gasteiger partial charge >= 0.3 is 0 Å². The highest BCUT2D eigenvalue weighted by Crippen LogP contribution is 2.27. The number of hydrogen-bond acceptors (Lipinski definition) is 5. The van der Waals surface area contributed by atoms with Crippen molar-refractivity contribution in [2.75, 3.05) is 18.5 Å². The van der Waals surface area contributed by atoms with E-state index in [2.05, 4.69) is 16.4 Å². The zero-order valence-corrected chi connectivity index (χ0v) is 11.1. The van der Waals surface area contributed by atoms with Crippen LogP contribution < -0.4 is 5.32 Å². The van der Waals surface area contributed by atoms with Gasteiger partial charge in [-0.2, -0.15) is 5.26 Å². The first kappa shape index (κ1) is 13.8. The highest BCUT2D eigenvalue weighted by molar-refractivity contribution is 5.56. The summed E-state index contributed by atoms with van der Waals surface area (Å²) in [6.45, 7) is 1.46. The average Bonchev–Trinajstić information content (AvgIpc) is 2.91. The van der Waals surface area contributed by atoms with Crippen molar-refractivity contribution in [3.8, 4) is 6.07 Å². The van der Waals surface area contributed by atoms with Crippen LogP contribution in [0.2, 0.25) is 0 Å². The van der Waals surface area contributed by atoms with Crippen LogP contribution in [0.25, 0.3) is 0 Å². The number of fused-ring (bicyclic) bond motifs is 1. The number of nitrogens with zero attached hydrogens (tertiary/aromatic N) is 2. The van der Waals surface area contributed by atoms with Gasteiger partial charge in [-0.15, -0.1) is 0 Å². The van der Waals surface area contributed by atoms with Gasteiger partial charge in [0.1, 0.15) is 11.9 Å². The van der Waals surface area contributed by atoms with Gasteiger partial charge in [0.05, 0.1) is 24.3 Å². The molecule has 1 aromatic heterocycles. The van der Waals surface area contributed by atoms with E-state index in [0.29, 0.717) is 17.8 Å². The summed E-state index contributed by atoms with van der Waals surface area (Å²) in [5.41, 5.74) is 1.80. The predicted molar refractivity (Wildman–Crippen MR) is 71.8 cm³/mol. The molecule has 1 aliphatic carbocycles. The third-order valence-electron chi connectivity index (χ3n) is 3.84. The second-order valence-electron chi connectivity index (χ2n) is 5.03. The molecule has 0 aliphatic heterocycles. The molecule has 1 aliphatic rings. The first-order chi connectivity index (χ1) is 9.18. The summed E-state index contributed by atoms with van der Waals surface area (Å²) >= 11 is 0. The number of anilines is 1. The van der Waals surface area contributed by atoms with Gasteiger partial charge in [-0.1, -0.05) is 6.92 Å². The molecule has 0 atom stereocenters. The van der Waals surface area contributed by atoms with Gasteiger partial charge in [0.25, 0.3) is 0 Å². The number of nitrogens with one attached hydrogen (secondary N) is 1. The number of aryl methyl sites for hydroxylation is 2. The van der Waals surface area contributed by atoms with E-state index in [4.69, 9.17) is 0 Å². The van der Waals surface area contributed by atoms with Crippen molar-refractivity contribution in [1.29, 1.82) is 5.26 Å². The summed E-state index contributed by atoms with van der Waals surface area (Å²) in [6.07, 6.45) is 3.50. The molecule has 19 heavy (non-hydrogen) atoms. The Labute approximate surface area is 112 Å². The van der Waals surface area contributed by atoms with Crippen LogP contribution >= 0.6 is 0 Å². The number of nitriles is 1. The topological polar surface area (TPSA) is 89.2 Å². The number of aliphatic hydroxyl groups is 2. The second kappa shape index (κ2) is 5.55. The maximum atomic E-state index is 9.46. The van der Waals surface area contributed by atoms with Crippen molar-refractivity contribution in [3.63, 3.8) is 0 Å². The Bertz CT molecular complexity index is 496. The Morgan fingerprint density at radius 1 is 1.42 bits per heavy atom. The summed E-state index contributed by atoms with van der Waals surface area (Å²) in [5.74, 6) is 0.466. The lowest BCUT2D eigenvalue weighted by molar-refractivity contribution is 0.132. The Morgan fingerprint density at radius 2 is 2.16 bits per heavy atom. The molecule has 0 radical (unpaired) electrons. The van der Waals surface area contributed by atoms with Crippen LogP contribution in [0.5, 0.6) is 0 Å². The Balaban J connectivity index is 2.37. The minimum Gasteiger partial charge on any atom is -0.394 e. The average molecular weight is 261 g/mol. The molecule has 5 heteroatoms. The van der Waals surface area contributed by atoms with Gasteiger partial charge in [-0.05, 0) is 37.3 Å². The van der Waals surface area contributed by atoms with E-state index in [1.54, 1.807) is 0 Å². The lowest BCUT2D eigenvalue weighted by atomic mass is 9.98. The molecular weight excluding hydrogens is 242 g/mol. The molecule has 0 aromatic carbocycles. The van der Waals surface area contributed by atoms with Crippen molar-refractivity contribution in [3.05, 3.63) is 22.9 Å². The largest absolute Gasteiger partial charge is 0.394 e. The molecule has 0 saturated carbocycles. The quantitative estimate of drug-likeness (QED) is 0.735. The van der Waals surface area contributed by atoms with Crippen molar-refractivity contribution in [1.82, 2.24) is 4.98 Å². The fourth-order valence-electron chi connectivity index (χ4n) is 2.34. The summed E-state index contributed by atoms with van der Waals surface area (Å²) in [6, 6.07) is 4.00. The van der Waals surface area contributed by atoms with Crippen molar-refractivity contribution in [2.24, 2.45) is 0 Å². The molecule has 0 spiro atoms. The lowest BCUT2D eigenvalue weighted by Crippen LogP contribution is -2.45. The van der Waals surface area contributed by atoms with Crippen molar-refractivity contribution >= 4 is 5.82 Å². The van der Waals surface area contributed by atoms with Crippen LogP contribution in [0.1, 0.15) is 36.6 Å². The van der Waals surface area contributed by atoms with E-state index in [9.17, 15) is 15.5 Å². The summed E-state index contributed by atoms with van der Waals surface area (Å²) < 4.78 is 0. The SMILES string of the molecule is CCC(CO)(CO)Nc1nc2c(cc1C#N)CCC2. The first-order valence-corrected chi connectivity index (χ1v) is 6.61. The summed E-state index contributed by atoms with van der Waals surface area (Å²) in [7, 11) is 0. The fourth-order valence-corrected chi connectivity index (χ4v) is 2.34. The van der Waals surface area contributed by atoms with E-state index in [1.807, 2.05) is 13.0 Å². The molecule has 102 valence electrons. The number of hydrogen-bond donors (Lipinski definition) is 3. The molecule has 0 saturated heterocycles. The summed E-state index contributed by atoms with van der Waals surface area (Å²) in [4.78, 5) is 4.50. The molecule has 0 bridgehead atoms. The van der Waals surface area contributed by atoms with Gasteiger partial charge in [-0.3, -0.25) is 0 Å². The molecular formula is C14H19N3O2. The van der Waals surface area contributed by atoms with Crippen molar-refractivity contribution < 1.29 is 10.2 Å². The number of aromatic nitrogens is 1. The van der Waals surface area contributed by atoms with E-state index in [1.165, 1.54) is 0 Å². The zero-order valence-electron chi connectivity index (χ0n) is 11.1. The minimum atomic E-state index is -0.828. The Kier molecular flexibility index (Phi) is 4.03. The third kappa shape index (κ3) is 2.55. The Hall–Kier alpha value is -1.64. The van der Waals surface area contributed by atoms with E-state index < -0.39 is 5.54 Å². The van der Waals surface area contributed by atoms with Crippen LogP contribution in [0.15, 0.2) is 6.07 Å². The standard InChI is InChI=1S/C14H19N3O2/c1-2-14(8-18,9-19)17-13-11(7-15)6-10-4-3-5-12(10)16-13/h6,18-19H,2-5,8-9H2,1H3,(H,16,17). The number of aliphatic hydroxyl groups excluding tert-OH is 2. The van der Waals surface area contributed by atoms with Crippen molar-refractivity contribution in [2.45, 2.75) is 38.1 Å². The summed E-state index contributed by atoms with van der Waals surface area (Å²) in [5, 5.41) is 31.2. The maximum absolute atomic E-state index is 9.46. The van der Waals surface area contributed by atoms with Crippen LogP contribution in [-0.2, 0) is 12.8 Å². The lowest BCUT2D eigenvalue weighted by Gasteiger charge is -2.30. The van der Waals surface area contributed by atoms with Gasteiger partial charge in [0.2, 0.25) is 0 Å². The molecule has 1 heterocycles. The molecule has 0 amide bonds. The van der Waals surface area contributed by atoms with E-state index in [0.717, 1.165) is 30.5 Å². The van der Waals surface area contributed by atoms with E-state index >= 15 is 0 Å². The van der Waals surface area contributed by atoms with Gasteiger partial charge in [-0.25, -0.2) is 4.98 Å². The highest BCUT2D eigenvalue weighted by Gasteiger charge is 2.28. The molecule has 5 nitrogen and oxygen atoms in total. The fraction of sp³-hybridized carbons (Fsp3) is 0.571. The zero-order chi connectivity index (χ0) is 13.9. The van der Waals surface area contributed by atoms with Gasteiger partial charge in [0, 0.05) is 5.69 Å². The van der Waals surface area contributed by atoms with Gasteiger partial charge in [0.15, 0.2) is 0 Å². The first-order valence-electron chi connectivity index (χ1n) is 6.61. The smallest absolute Gasteiger partial charge is 0.144 e. The van der Waals surface area contributed by atoms with Gasteiger partial charge < -0.3 is 15.5 Å². The number of rotatable bonds is 5. The highest BCUT2D eigenvalue weighted by atomic mass is 16.3. The monoisotopic (exact) mass is 261 g/mol. The molecule has 3 N–H and O–H groups in total. The van der Waals surface area contributed by atoms with E-state index in [-0.39, 0.29) is 13.2 Å². The number of pyridine rings is 1. The predicted octanol–water partition coefficient (Wildman–Crippen LogP) is 0.987. The third-order valence-corrected chi connectivity index (χ3v) is 3.84. The Morgan fingerprint density at radius 3 is 2.74 bits per heavy atom. The molecule has 0 unspecified atom stereocenters. The van der Waals surface area contributed by atoms with Crippen LogP contribution in [0, 0.1) is 11.3 Å². The normalized spacial score (nSPS) is 14.0. The molecule has 2 rings (SSSR count). The van der Waals surface area contributed by atoms with Crippen LogP contribution in [0.3, 0.4) is 0 Å². The second-order valence-corrected chi connectivity index (χ2v) is 5.03. The van der Waals surface area contributed by atoms with Crippen LogP contribution in [0.4, 0.5) is 5.82 Å². The maximum Gasteiger partial charge on any atom is 0.144 e.